The third-order valence-corrected chi connectivity index (χ3v) is 3.32. The Balaban J connectivity index is 1.92. The summed E-state index contributed by atoms with van der Waals surface area (Å²) in [6.07, 6.45) is -0.278. The van der Waals surface area contributed by atoms with Crippen LogP contribution in [0.25, 0.3) is 0 Å². The van der Waals surface area contributed by atoms with E-state index in [2.05, 4.69) is 24.2 Å². The Morgan fingerprint density at radius 3 is 2.88 bits per heavy atom. The van der Waals surface area contributed by atoms with E-state index in [-0.39, 0.29) is 18.1 Å². The van der Waals surface area contributed by atoms with Gasteiger partial charge in [-0.1, -0.05) is 0 Å². The van der Waals surface area contributed by atoms with Crippen molar-refractivity contribution < 1.29 is 9.53 Å². The fourth-order valence-corrected chi connectivity index (χ4v) is 2.38. The predicted molar refractivity (Wildman–Crippen MR) is 61.3 cm³/mol. The number of nitrogens with zero attached hydrogens (tertiary/aromatic N) is 2. The SMILES string of the molecule is CC1CN(C)CCN1C(=O)C1CNCCO1. The fraction of sp³-hybridized carbons (Fsp3) is 0.909. The molecule has 0 aliphatic carbocycles. The van der Waals surface area contributed by atoms with E-state index < -0.39 is 0 Å². The molecule has 2 saturated heterocycles. The lowest BCUT2D eigenvalue weighted by Crippen LogP contribution is -2.58. The predicted octanol–water partition coefficient (Wildman–Crippen LogP) is -0.863. The van der Waals surface area contributed by atoms with E-state index in [1.165, 1.54) is 0 Å². The first-order chi connectivity index (χ1) is 7.68. The second-order valence-electron chi connectivity index (χ2n) is 4.71. The smallest absolute Gasteiger partial charge is 0.253 e. The van der Waals surface area contributed by atoms with E-state index >= 15 is 0 Å². The maximum absolute atomic E-state index is 12.2. The van der Waals surface area contributed by atoms with Crippen molar-refractivity contribution in [2.75, 3.05) is 46.4 Å². The van der Waals surface area contributed by atoms with E-state index in [1.807, 2.05) is 4.90 Å². The topological polar surface area (TPSA) is 44.8 Å². The standard InChI is InChI=1S/C11H21N3O2/c1-9-8-13(2)4-5-14(9)11(15)10-7-12-3-6-16-10/h9-10,12H,3-8H2,1-2H3. The van der Waals surface area contributed by atoms with Gasteiger partial charge in [0, 0.05) is 38.8 Å². The molecule has 0 aromatic carbocycles. The first kappa shape index (κ1) is 11.8. The minimum absolute atomic E-state index is 0.146. The Labute approximate surface area is 96.7 Å². The molecule has 2 aliphatic heterocycles. The fourth-order valence-electron chi connectivity index (χ4n) is 2.38. The summed E-state index contributed by atoms with van der Waals surface area (Å²) in [7, 11) is 2.09. The summed E-state index contributed by atoms with van der Waals surface area (Å²) in [6.45, 7) is 6.96. The molecule has 2 unspecified atom stereocenters. The molecule has 0 radical (unpaired) electrons. The summed E-state index contributed by atoms with van der Waals surface area (Å²) in [4.78, 5) is 16.4. The van der Waals surface area contributed by atoms with Crippen molar-refractivity contribution >= 4 is 5.91 Å². The zero-order chi connectivity index (χ0) is 11.5. The zero-order valence-corrected chi connectivity index (χ0v) is 10.1. The van der Waals surface area contributed by atoms with Crippen LogP contribution >= 0.6 is 0 Å². The van der Waals surface area contributed by atoms with Gasteiger partial charge < -0.3 is 19.9 Å². The maximum Gasteiger partial charge on any atom is 0.253 e. The average molecular weight is 227 g/mol. The minimum Gasteiger partial charge on any atom is -0.366 e. The first-order valence-corrected chi connectivity index (χ1v) is 6.00. The van der Waals surface area contributed by atoms with Crippen LogP contribution in [0.1, 0.15) is 6.92 Å². The highest BCUT2D eigenvalue weighted by atomic mass is 16.5. The number of carbonyl (C=O) groups is 1. The molecule has 0 aromatic rings. The Hall–Kier alpha value is -0.650. The molecule has 5 nitrogen and oxygen atoms in total. The normalized spacial score (nSPS) is 32.8. The van der Waals surface area contributed by atoms with Gasteiger partial charge in [0.1, 0.15) is 6.10 Å². The molecule has 2 atom stereocenters. The van der Waals surface area contributed by atoms with E-state index in [0.717, 1.165) is 26.2 Å². The monoisotopic (exact) mass is 227 g/mol. The van der Waals surface area contributed by atoms with Crippen molar-refractivity contribution in [2.45, 2.75) is 19.1 Å². The molecule has 0 aromatic heterocycles. The van der Waals surface area contributed by atoms with Crippen LogP contribution in [0.15, 0.2) is 0 Å². The Morgan fingerprint density at radius 1 is 1.44 bits per heavy atom. The van der Waals surface area contributed by atoms with Gasteiger partial charge in [0.05, 0.1) is 6.61 Å². The molecule has 1 amide bonds. The van der Waals surface area contributed by atoms with E-state index in [4.69, 9.17) is 4.74 Å². The number of rotatable bonds is 1. The lowest BCUT2D eigenvalue weighted by Gasteiger charge is -2.40. The summed E-state index contributed by atoms with van der Waals surface area (Å²) in [6, 6.07) is 0.289. The van der Waals surface area contributed by atoms with Crippen molar-refractivity contribution in [3.8, 4) is 0 Å². The van der Waals surface area contributed by atoms with Gasteiger partial charge in [-0.3, -0.25) is 4.79 Å². The number of morpholine rings is 1. The molecule has 0 saturated carbocycles. The summed E-state index contributed by atoms with van der Waals surface area (Å²) in [5, 5.41) is 3.20. The molecule has 2 heterocycles. The number of ether oxygens (including phenoxy) is 1. The van der Waals surface area contributed by atoms with Gasteiger partial charge in [0.25, 0.3) is 5.91 Å². The lowest BCUT2D eigenvalue weighted by molar-refractivity contribution is -0.149. The zero-order valence-electron chi connectivity index (χ0n) is 10.1. The highest BCUT2D eigenvalue weighted by Crippen LogP contribution is 2.11. The number of piperazine rings is 1. The van der Waals surface area contributed by atoms with Crippen molar-refractivity contribution in [3.05, 3.63) is 0 Å². The second kappa shape index (κ2) is 5.12. The lowest BCUT2D eigenvalue weighted by atomic mass is 10.1. The third kappa shape index (κ3) is 2.53. The number of carbonyl (C=O) groups excluding carboxylic acids is 1. The Kier molecular flexibility index (Phi) is 3.78. The van der Waals surface area contributed by atoms with Crippen molar-refractivity contribution in [2.24, 2.45) is 0 Å². The van der Waals surface area contributed by atoms with E-state index in [0.29, 0.717) is 13.2 Å². The average Bonchev–Trinajstić information content (AvgIpc) is 2.29. The van der Waals surface area contributed by atoms with Crippen LogP contribution in [0, 0.1) is 0 Å². The van der Waals surface area contributed by atoms with Crippen LogP contribution in [0.4, 0.5) is 0 Å². The quantitative estimate of drug-likeness (QED) is 0.633. The van der Waals surface area contributed by atoms with Crippen LogP contribution in [-0.4, -0.2) is 74.2 Å². The number of likely N-dealkylation sites (N-methyl/N-ethyl adjacent to an activating group) is 1. The molecule has 0 bridgehead atoms. The Bertz CT molecular complexity index is 254. The summed E-state index contributed by atoms with van der Waals surface area (Å²) >= 11 is 0. The first-order valence-electron chi connectivity index (χ1n) is 6.00. The molecular formula is C11H21N3O2. The van der Waals surface area contributed by atoms with Crippen LogP contribution in [-0.2, 0) is 9.53 Å². The summed E-state index contributed by atoms with van der Waals surface area (Å²) in [5.41, 5.74) is 0. The number of hydrogen-bond donors (Lipinski definition) is 1. The van der Waals surface area contributed by atoms with Gasteiger partial charge >= 0.3 is 0 Å². The van der Waals surface area contributed by atoms with Crippen LogP contribution in [0.2, 0.25) is 0 Å². The van der Waals surface area contributed by atoms with Gasteiger partial charge in [-0.25, -0.2) is 0 Å². The molecule has 5 heteroatoms. The summed E-state index contributed by atoms with van der Waals surface area (Å²) in [5.74, 6) is 0.146. The number of hydrogen-bond acceptors (Lipinski definition) is 4. The molecule has 92 valence electrons. The third-order valence-electron chi connectivity index (χ3n) is 3.32. The molecule has 2 fully saturated rings. The van der Waals surface area contributed by atoms with Gasteiger partial charge in [-0.05, 0) is 14.0 Å². The second-order valence-corrected chi connectivity index (χ2v) is 4.71. The maximum atomic E-state index is 12.2. The van der Waals surface area contributed by atoms with Crippen LogP contribution < -0.4 is 5.32 Å². The van der Waals surface area contributed by atoms with Gasteiger partial charge in [-0.2, -0.15) is 0 Å². The van der Waals surface area contributed by atoms with E-state index in [1.54, 1.807) is 0 Å². The molecule has 2 rings (SSSR count). The Morgan fingerprint density at radius 2 is 2.25 bits per heavy atom. The van der Waals surface area contributed by atoms with Gasteiger partial charge in [-0.15, -0.1) is 0 Å². The summed E-state index contributed by atoms with van der Waals surface area (Å²) < 4.78 is 5.50. The highest BCUT2D eigenvalue weighted by Gasteiger charge is 2.32. The molecular weight excluding hydrogens is 206 g/mol. The van der Waals surface area contributed by atoms with Gasteiger partial charge in [0.2, 0.25) is 0 Å². The molecule has 2 aliphatic rings. The van der Waals surface area contributed by atoms with E-state index in [9.17, 15) is 4.79 Å². The number of amides is 1. The van der Waals surface area contributed by atoms with Gasteiger partial charge in [0.15, 0.2) is 0 Å². The largest absolute Gasteiger partial charge is 0.366 e. The highest BCUT2D eigenvalue weighted by molar-refractivity contribution is 5.81. The van der Waals surface area contributed by atoms with Crippen molar-refractivity contribution in [1.29, 1.82) is 0 Å². The molecule has 1 N–H and O–H groups in total. The molecule has 16 heavy (non-hydrogen) atoms. The van der Waals surface area contributed by atoms with Crippen LogP contribution in [0.3, 0.4) is 0 Å². The van der Waals surface area contributed by atoms with Crippen LogP contribution in [0.5, 0.6) is 0 Å². The molecule has 0 spiro atoms. The van der Waals surface area contributed by atoms with Crippen molar-refractivity contribution in [1.82, 2.24) is 15.1 Å². The number of nitrogens with one attached hydrogen (secondary N) is 1. The minimum atomic E-state index is -0.278. The van der Waals surface area contributed by atoms with Crippen molar-refractivity contribution in [3.63, 3.8) is 0 Å².